The van der Waals surface area contributed by atoms with Gasteiger partial charge in [-0.15, -0.1) is 0 Å². The number of pyridine rings is 1. The Morgan fingerprint density at radius 1 is 1.09 bits per heavy atom. The van der Waals surface area contributed by atoms with Crippen molar-refractivity contribution >= 4 is 23.7 Å². The molecule has 2 saturated heterocycles. The minimum Gasteiger partial charge on any atom is -0.353 e. The fourth-order valence-corrected chi connectivity index (χ4v) is 5.30. The molecule has 4 rings (SSSR count). The standard InChI is InChI=1S/C24H32F3N5O3/c1-22(2,3)16-6-8-23(9-7-16)20(34)32(21(35)29-23)15-19(33)31-12-10-30(11-13-31)18-5-4-17(14-28-18)24(25,26)27/h4-5,14,16H,6-13,15H2,1-3H3,(H,29,35). The molecule has 0 aromatic carbocycles. The summed E-state index contributed by atoms with van der Waals surface area (Å²) in [5.74, 6) is 0.237. The first kappa shape index (κ1) is 25.2. The van der Waals surface area contributed by atoms with Gasteiger partial charge in [0.2, 0.25) is 5.91 Å². The molecule has 1 aromatic rings. The fraction of sp³-hybridized carbons (Fsp3) is 0.667. The Hall–Kier alpha value is -2.85. The normalized spacial score (nSPS) is 25.9. The molecular weight excluding hydrogens is 463 g/mol. The van der Waals surface area contributed by atoms with Gasteiger partial charge in [0.15, 0.2) is 0 Å². The van der Waals surface area contributed by atoms with Crippen LogP contribution in [0.3, 0.4) is 0 Å². The second-order valence-electron chi connectivity index (χ2n) is 10.8. The van der Waals surface area contributed by atoms with Gasteiger partial charge >= 0.3 is 12.2 Å². The quantitative estimate of drug-likeness (QED) is 0.651. The molecule has 0 unspecified atom stereocenters. The first-order chi connectivity index (χ1) is 16.3. The number of amides is 4. The highest BCUT2D eigenvalue weighted by atomic mass is 19.4. The van der Waals surface area contributed by atoms with E-state index < -0.39 is 23.3 Å². The van der Waals surface area contributed by atoms with E-state index in [2.05, 4.69) is 31.1 Å². The number of urea groups is 1. The number of hydrogen-bond donors (Lipinski definition) is 1. The van der Waals surface area contributed by atoms with Crippen molar-refractivity contribution in [3.05, 3.63) is 23.9 Å². The number of carbonyl (C=O) groups excluding carboxylic acids is 3. The molecule has 1 aliphatic carbocycles. The largest absolute Gasteiger partial charge is 0.417 e. The summed E-state index contributed by atoms with van der Waals surface area (Å²) in [6.45, 7) is 7.67. The highest BCUT2D eigenvalue weighted by molar-refractivity contribution is 6.09. The lowest BCUT2D eigenvalue weighted by molar-refractivity contribution is -0.140. The molecule has 2 aliphatic heterocycles. The number of imide groups is 1. The van der Waals surface area contributed by atoms with E-state index in [-0.39, 0.29) is 23.8 Å². The Kier molecular flexibility index (Phi) is 6.48. The van der Waals surface area contributed by atoms with Crippen molar-refractivity contribution in [2.24, 2.45) is 11.3 Å². The lowest BCUT2D eigenvalue weighted by Crippen LogP contribution is -2.53. The molecule has 35 heavy (non-hydrogen) atoms. The number of nitrogens with zero attached hydrogens (tertiary/aromatic N) is 4. The van der Waals surface area contributed by atoms with Crippen molar-refractivity contribution in [1.29, 1.82) is 0 Å². The molecule has 192 valence electrons. The van der Waals surface area contributed by atoms with Crippen molar-refractivity contribution < 1.29 is 27.6 Å². The predicted molar refractivity (Wildman–Crippen MR) is 122 cm³/mol. The van der Waals surface area contributed by atoms with E-state index >= 15 is 0 Å². The Balaban J connectivity index is 1.31. The Bertz CT molecular complexity index is 974. The maximum atomic E-state index is 13.2. The highest BCUT2D eigenvalue weighted by Crippen LogP contribution is 2.43. The zero-order valence-corrected chi connectivity index (χ0v) is 20.3. The summed E-state index contributed by atoms with van der Waals surface area (Å²) >= 11 is 0. The van der Waals surface area contributed by atoms with E-state index in [1.165, 1.54) is 6.07 Å². The Morgan fingerprint density at radius 3 is 2.23 bits per heavy atom. The second-order valence-corrected chi connectivity index (χ2v) is 10.8. The number of nitrogens with one attached hydrogen (secondary N) is 1. The van der Waals surface area contributed by atoms with E-state index in [1.54, 1.807) is 9.80 Å². The van der Waals surface area contributed by atoms with Crippen LogP contribution in [0.5, 0.6) is 0 Å². The van der Waals surface area contributed by atoms with Gasteiger partial charge in [0.05, 0.1) is 5.56 Å². The van der Waals surface area contributed by atoms with Crippen LogP contribution in [0.15, 0.2) is 18.3 Å². The van der Waals surface area contributed by atoms with Gasteiger partial charge in [0, 0.05) is 32.4 Å². The third kappa shape index (κ3) is 5.08. The molecule has 8 nitrogen and oxygen atoms in total. The van der Waals surface area contributed by atoms with Gasteiger partial charge in [-0.25, -0.2) is 9.78 Å². The van der Waals surface area contributed by atoms with Crippen LogP contribution in [0, 0.1) is 11.3 Å². The summed E-state index contributed by atoms with van der Waals surface area (Å²) < 4.78 is 38.3. The molecule has 1 saturated carbocycles. The molecule has 3 fully saturated rings. The van der Waals surface area contributed by atoms with E-state index in [0.29, 0.717) is 50.8 Å². The number of carbonyl (C=O) groups is 3. The number of piperazine rings is 1. The molecule has 11 heteroatoms. The number of aromatic nitrogens is 1. The van der Waals surface area contributed by atoms with Crippen LogP contribution in [0.2, 0.25) is 0 Å². The summed E-state index contributed by atoms with van der Waals surface area (Å²) in [7, 11) is 0. The monoisotopic (exact) mass is 495 g/mol. The third-order valence-electron chi connectivity index (χ3n) is 7.63. The van der Waals surface area contributed by atoms with Gasteiger partial charge in [-0.1, -0.05) is 20.8 Å². The average molecular weight is 496 g/mol. The van der Waals surface area contributed by atoms with Crippen molar-refractivity contribution in [2.75, 3.05) is 37.6 Å². The smallest absolute Gasteiger partial charge is 0.353 e. The summed E-state index contributed by atoms with van der Waals surface area (Å²) in [6.07, 6.45) is -0.809. The van der Waals surface area contributed by atoms with Crippen molar-refractivity contribution in [3.8, 4) is 0 Å². The molecule has 1 spiro atoms. The van der Waals surface area contributed by atoms with Gasteiger partial charge in [-0.3, -0.25) is 14.5 Å². The lowest BCUT2D eigenvalue weighted by atomic mass is 9.67. The van der Waals surface area contributed by atoms with Crippen LogP contribution in [0.1, 0.15) is 52.0 Å². The molecule has 1 aromatic heterocycles. The van der Waals surface area contributed by atoms with Crippen LogP contribution >= 0.6 is 0 Å². The maximum absolute atomic E-state index is 13.2. The SMILES string of the molecule is CC(C)(C)C1CCC2(CC1)NC(=O)N(CC(=O)N1CCN(c3ccc(C(F)(F)F)cn3)CC1)C2=O. The molecule has 0 radical (unpaired) electrons. The van der Waals surface area contributed by atoms with E-state index in [9.17, 15) is 27.6 Å². The minimum absolute atomic E-state index is 0.140. The number of hydrogen-bond acceptors (Lipinski definition) is 5. The molecule has 0 atom stereocenters. The Morgan fingerprint density at radius 2 is 1.71 bits per heavy atom. The number of halogens is 3. The third-order valence-corrected chi connectivity index (χ3v) is 7.63. The maximum Gasteiger partial charge on any atom is 0.417 e. The van der Waals surface area contributed by atoms with E-state index in [0.717, 1.165) is 30.0 Å². The minimum atomic E-state index is -4.44. The average Bonchev–Trinajstić information content (AvgIpc) is 3.02. The molecular formula is C24H32F3N5O3. The molecule has 3 aliphatic rings. The molecule has 3 heterocycles. The van der Waals surface area contributed by atoms with E-state index in [1.807, 2.05) is 0 Å². The predicted octanol–water partition coefficient (Wildman–Crippen LogP) is 3.28. The van der Waals surface area contributed by atoms with Crippen LogP contribution < -0.4 is 10.2 Å². The van der Waals surface area contributed by atoms with Gasteiger partial charge in [-0.2, -0.15) is 13.2 Å². The topological polar surface area (TPSA) is 85.8 Å². The zero-order chi connectivity index (χ0) is 25.6. The lowest BCUT2D eigenvalue weighted by Gasteiger charge is -2.40. The summed E-state index contributed by atoms with van der Waals surface area (Å²) in [6, 6.07) is 1.79. The summed E-state index contributed by atoms with van der Waals surface area (Å²) in [5, 5.41) is 2.86. The number of anilines is 1. The molecule has 0 bridgehead atoms. The fourth-order valence-electron chi connectivity index (χ4n) is 5.30. The van der Waals surface area contributed by atoms with Crippen molar-refractivity contribution in [1.82, 2.24) is 20.1 Å². The van der Waals surface area contributed by atoms with Crippen molar-refractivity contribution in [2.45, 2.75) is 58.2 Å². The summed E-state index contributed by atoms with van der Waals surface area (Å²) in [4.78, 5) is 47.0. The van der Waals surface area contributed by atoms with Gasteiger partial charge in [-0.05, 0) is 49.1 Å². The first-order valence-corrected chi connectivity index (χ1v) is 12.0. The highest BCUT2D eigenvalue weighted by Gasteiger charge is 2.53. The molecule has 4 amide bonds. The number of alkyl halides is 3. The van der Waals surface area contributed by atoms with Gasteiger partial charge < -0.3 is 15.1 Å². The Labute approximate surface area is 202 Å². The van der Waals surface area contributed by atoms with E-state index in [4.69, 9.17) is 0 Å². The van der Waals surface area contributed by atoms with Crippen molar-refractivity contribution in [3.63, 3.8) is 0 Å². The zero-order valence-electron chi connectivity index (χ0n) is 20.3. The first-order valence-electron chi connectivity index (χ1n) is 12.0. The van der Waals surface area contributed by atoms with Gasteiger partial charge in [0.1, 0.15) is 17.9 Å². The van der Waals surface area contributed by atoms with Crippen LogP contribution in [-0.2, 0) is 15.8 Å². The van der Waals surface area contributed by atoms with Gasteiger partial charge in [0.25, 0.3) is 5.91 Å². The summed E-state index contributed by atoms with van der Waals surface area (Å²) in [5.41, 5.74) is -1.58. The van der Waals surface area contributed by atoms with Crippen LogP contribution in [0.4, 0.5) is 23.8 Å². The molecule has 1 N–H and O–H groups in total. The van der Waals surface area contributed by atoms with Crippen LogP contribution in [-0.4, -0.2) is 70.9 Å². The second kappa shape index (κ2) is 8.98. The van der Waals surface area contributed by atoms with Crippen LogP contribution in [0.25, 0.3) is 0 Å². The number of rotatable bonds is 3.